The van der Waals surface area contributed by atoms with E-state index in [-0.39, 0.29) is 23.7 Å². The number of hydrogen-bond donors (Lipinski definition) is 1. The van der Waals surface area contributed by atoms with Crippen molar-refractivity contribution in [2.24, 2.45) is 11.8 Å². The zero-order valence-electron chi connectivity index (χ0n) is 11.6. The molecular formula is C16H20O4. The third-order valence-corrected chi connectivity index (χ3v) is 3.74. The van der Waals surface area contributed by atoms with Gasteiger partial charge in [-0.1, -0.05) is 24.3 Å². The number of ether oxygens (including phenoxy) is 1. The molecule has 2 aliphatic rings. The predicted molar refractivity (Wildman–Crippen MR) is 74.8 cm³/mol. The standard InChI is InChI=1S/C16H20O4/c1-11-5-3-2-4-6-12-9-13(17)10-14(12)15(18)7-8-16(19)20-11/h2-4,6-8,11-12,14-15,18H,5,9-10H2,1H3. The molecule has 4 nitrogen and oxygen atoms in total. The van der Waals surface area contributed by atoms with Crippen LogP contribution in [-0.4, -0.2) is 29.1 Å². The SMILES string of the molecule is CC1CC=CC=CC2CC(=O)CC2C(O)C=CC(=O)O1. The maximum absolute atomic E-state index is 11.6. The van der Waals surface area contributed by atoms with Gasteiger partial charge < -0.3 is 9.84 Å². The highest BCUT2D eigenvalue weighted by Gasteiger charge is 2.35. The molecule has 0 amide bonds. The third kappa shape index (κ3) is 3.90. The lowest BCUT2D eigenvalue weighted by molar-refractivity contribution is -0.142. The van der Waals surface area contributed by atoms with Gasteiger partial charge in [-0.2, -0.15) is 0 Å². The molecule has 1 aliphatic heterocycles. The summed E-state index contributed by atoms with van der Waals surface area (Å²) in [4.78, 5) is 23.1. The Kier molecular flexibility index (Phi) is 4.90. The number of allylic oxidation sites excluding steroid dienone is 3. The molecule has 0 radical (unpaired) electrons. The van der Waals surface area contributed by atoms with Crippen molar-refractivity contribution < 1.29 is 19.4 Å². The lowest BCUT2D eigenvalue weighted by Crippen LogP contribution is -2.21. The van der Waals surface area contributed by atoms with Crippen molar-refractivity contribution in [3.63, 3.8) is 0 Å². The topological polar surface area (TPSA) is 63.6 Å². The van der Waals surface area contributed by atoms with Crippen molar-refractivity contribution in [1.82, 2.24) is 0 Å². The van der Waals surface area contributed by atoms with Crippen molar-refractivity contribution in [1.29, 1.82) is 0 Å². The number of aliphatic hydroxyl groups excluding tert-OH is 1. The van der Waals surface area contributed by atoms with Crippen molar-refractivity contribution >= 4 is 11.8 Å². The van der Waals surface area contributed by atoms with E-state index in [0.29, 0.717) is 19.3 Å². The zero-order valence-corrected chi connectivity index (χ0v) is 11.6. The summed E-state index contributed by atoms with van der Waals surface area (Å²) in [5, 5.41) is 10.1. The number of cyclic esters (lactones) is 1. The summed E-state index contributed by atoms with van der Waals surface area (Å²) in [7, 11) is 0. The Morgan fingerprint density at radius 1 is 1.20 bits per heavy atom. The Labute approximate surface area is 118 Å². The molecule has 108 valence electrons. The Morgan fingerprint density at radius 3 is 2.80 bits per heavy atom. The summed E-state index contributed by atoms with van der Waals surface area (Å²) < 4.78 is 5.17. The van der Waals surface area contributed by atoms with Gasteiger partial charge in [0, 0.05) is 31.3 Å². The average molecular weight is 276 g/mol. The number of carbonyl (C=O) groups excluding carboxylic acids is 2. The molecule has 0 spiro atoms. The Bertz CT molecular complexity index is 461. The lowest BCUT2D eigenvalue weighted by Gasteiger charge is -2.19. The van der Waals surface area contributed by atoms with Crippen LogP contribution in [0, 0.1) is 11.8 Å². The molecule has 4 unspecified atom stereocenters. The van der Waals surface area contributed by atoms with E-state index >= 15 is 0 Å². The van der Waals surface area contributed by atoms with Gasteiger partial charge in [0.25, 0.3) is 0 Å². The van der Waals surface area contributed by atoms with Crippen LogP contribution >= 0.6 is 0 Å². The number of aliphatic hydroxyl groups is 1. The van der Waals surface area contributed by atoms with Crippen molar-refractivity contribution in [3.8, 4) is 0 Å². The summed E-state index contributed by atoms with van der Waals surface area (Å²) in [6.45, 7) is 1.82. The fraction of sp³-hybridized carbons (Fsp3) is 0.500. The molecule has 0 aromatic heterocycles. The molecule has 1 N–H and O–H groups in total. The van der Waals surface area contributed by atoms with Crippen molar-refractivity contribution in [2.45, 2.75) is 38.4 Å². The van der Waals surface area contributed by atoms with Gasteiger partial charge in [0.15, 0.2) is 0 Å². The van der Waals surface area contributed by atoms with E-state index in [9.17, 15) is 14.7 Å². The number of fused-ring (bicyclic) bond motifs is 1. The number of Topliss-reactive ketones (excluding diaryl/α,β-unsaturated/α-hetero) is 1. The molecule has 1 fully saturated rings. The molecule has 20 heavy (non-hydrogen) atoms. The summed E-state index contributed by atoms with van der Waals surface area (Å²) >= 11 is 0. The van der Waals surface area contributed by atoms with Gasteiger partial charge in [-0.25, -0.2) is 4.79 Å². The van der Waals surface area contributed by atoms with E-state index in [1.54, 1.807) is 0 Å². The van der Waals surface area contributed by atoms with Gasteiger partial charge in [0.05, 0.1) is 6.10 Å². The van der Waals surface area contributed by atoms with Crippen LogP contribution in [0.1, 0.15) is 26.2 Å². The highest BCUT2D eigenvalue weighted by Crippen LogP contribution is 2.33. The molecule has 0 aromatic rings. The number of esters is 1. The monoisotopic (exact) mass is 276 g/mol. The predicted octanol–water partition coefficient (Wildman–Crippen LogP) is 1.95. The summed E-state index contributed by atoms with van der Waals surface area (Å²) in [6, 6.07) is 0. The van der Waals surface area contributed by atoms with Gasteiger partial charge in [-0.3, -0.25) is 4.79 Å². The molecular weight excluding hydrogens is 256 g/mol. The van der Waals surface area contributed by atoms with E-state index in [0.717, 1.165) is 0 Å². The van der Waals surface area contributed by atoms with E-state index in [1.807, 2.05) is 31.2 Å². The van der Waals surface area contributed by atoms with E-state index in [2.05, 4.69) is 0 Å². The van der Waals surface area contributed by atoms with Crippen molar-refractivity contribution in [2.75, 3.05) is 0 Å². The third-order valence-electron chi connectivity index (χ3n) is 3.74. The molecule has 1 aliphatic carbocycles. The fourth-order valence-electron chi connectivity index (χ4n) is 2.66. The first-order valence-electron chi connectivity index (χ1n) is 6.98. The van der Waals surface area contributed by atoms with Crippen LogP contribution in [0.15, 0.2) is 36.5 Å². The first kappa shape index (κ1) is 14.7. The van der Waals surface area contributed by atoms with Crippen LogP contribution < -0.4 is 0 Å². The molecule has 4 heteroatoms. The number of hydrogen-bond acceptors (Lipinski definition) is 4. The van der Waals surface area contributed by atoms with Gasteiger partial charge >= 0.3 is 5.97 Å². The second-order valence-electron chi connectivity index (χ2n) is 5.42. The van der Waals surface area contributed by atoms with Gasteiger partial charge in [0.1, 0.15) is 11.9 Å². The normalized spacial score (nSPS) is 34.9. The second-order valence-corrected chi connectivity index (χ2v) is 5.42. The minimum Gasteiger partial charge on any atom is -0.459 e. The molecule has 2 rings (SSSR count). The Hall–Kier alpha value is -1.68. The number of ketones is 1. The van der Waals surface area contributed by atoms with Crippen LogP contribution in [0.2, 0.25) is 0 Å². The average Bonchev–Trinajstić information content (AvgIpc) is 2.76. The van der Waals surface area contributed by atoms with E-state index in [4.69, 9.17) is 4.74 Å². The smallest absolute Gasteiger partial charge is 0.330 e. The van der Waals surface area contributed by atoms with Gasteiger partial charge in [0.2, 0.25) is 0 Å². The maximum atomic E-state index is 11.6. The van der Waals surface area contributed by atoms with Crippen LogP contribution in [0.25, 0.3) is 0 Å². The molecule has 4 atom stereocenters. The van der Waals surface area contributed by atoms with Crippen LogP contribution in [0.5, 0.6) is 0 Å². The Morgan fingerprint density at radius 2 is 2.00 bits per heavy atom. The van der Waals surface area contributed by atoms with Crippen LogP contribution in [-0.2, 0) is 14.3 Å². The lowest BCUT2D eigenvalue weighted by atomic mass is 9.90. The minimum absolute atomic E-state index is 0.0287. The maximum Gasteiger partial charge on any atom is 0.330 e. The Balaban J connectivity index is 2.19. The molecule has 1 saturated carbocycles. The summed E-state index contributed by atoms with van der Waals surface area (Å²) in [6.07, 6.45) is 10.8. The highest BCUT2D eigenvalue weighted by molar-refractivity contribution is 5.83. The largest absolute Gasteiger partial charge is 0.459 e. The van der Waals surface area contributed by atoms with Gasteiger partial charge in [-0.15, -0.1) is 0 Å². The molecule has 0 aromatic carbocycles. The van der Waals surface area contributed by atoms with Crippen LogP contribution in [0.4, 0.5) is 0 Å². The first-order valence-corrected chi connectivity index (χ1v) is 6.98. The van der Waals surface area contributed by atoms with Crippen molar-refractivity contribution in [3.05, 3.63) is 36.5 Å². The fourth-order valence-corrected chi connectivity index (χ4v) is 2.66. The second kappa shape index (κ2) is 6.66. The quantitative estimate of drug-likeness (QED) is 0.687. The molecule has 1 heterocycles. The molecule has 0 bridgehead atoms. The highest BCUT2D eigenvalue weighted by atomic mass is 16.5. The van der Waals surface area contributed by atoms with Crippen LogP contribution in [0.3, 0.4) is 0 Å². The number of rotatable bonds is 0. The first-order chi connectivity index (χ1) is 9.56. The van der Waals surface area contributed by atoms with Gasteiger partial charge in [-0.05, 0) is 18.9 Å². The summed E-state index contributed by atoms with van der Waals surface area (Å²) in [5.74, 6) is -0.433. The summed E-state index contributed by atoms with van der Waals surface area (Å²) in [5.41, 5.74) is 0. The van der Waals surface area contributed by atoms with E-state index < -0.39 is 12.1 Å². The number of carbonyl (C=O) groups is 2. The molecule has 0 saturated heterocycles. The minimum atomic E-state index is -0.802. The zero-order chi connectivity index (χ0) is 14.5. The van der Waals surface area contributed by atoms with E-state index in [1.165, 1.54) is 12.2 Å².